The summed E-state index contributed by atoms with van der Waals surface area (Å²) in [5, 5.41) is 3.48. The summed E-state index contributed by atoms with van der Waals surface area (Å²) in [5.41, 5.74) is 4.58. The van der Waals surface area contributed by atoms with E-state index in [0.29, 0.717) is 0 Å². The number of aryl methyl sites for hydroxylation is 2. The first-order valence-electron chi connectivity index (χ1n) is 6.79. The number of benzene rings is 2. The van der Waals surface area contributed by atoms with Gasteiger partial charge in [-0.3, -0.25) is 0 Å². The van der Waals surface area contributed by atoms with Crippen molar-refractivity contribution < 1.29 is 4.39 Å². The van der Waals surface area contributed by atoms with E-state index in [4.69, 9.17) is 0 Å². The number of halogens is 2. The van der Waals surface area contributed by atoms with Gasteiger partial charge in [-0.05, 0) is 77.4 Å². The van der Waals surface area contributed by atoms with Gasteiger partial charge < -0.3 is 5.32 Å². The van der Waals surface area contributed by atoms with Crippen LogP contribution in [0, 0.1) is 23.2 Å². The van der Waals surface area contributed by atoms with E-state index in [-0.39, 0.29) is 11.9 Å². The van der Waals surface area contributed by atoms with Crippen LogP contribution in [0.25, 0.3) is 0 Å². The molecule has 2 rings (SSSR count). The van der Waals surface area contributed by atoms with Crippen molar-refractivity contribution in [1.82, 2.24) is 5.32 Å². The van der Waals surface area contributed by atoms with Gasteiger partial charge in [0.2, 0.25) is 0 Å². The highest BCUT2D eigenvalue weighted by Gasteiger charge is 2.18. The van der Waals surface area contributed by atoms with Gasteiger partial charge in [-0.25, -0.2) is 4.39 Å². The molecule has 1 unspecified atom stereocenters. The fourth-order valence-corrected chi connectivity index (χ4v) is 3.08. The van der Waals surface area contributed by atoms with Gasteiger partial charge in [0, 0.05) is 3.57 Å². The molecule has 20 heavy (non-hydrogen) atoms. The van der Waals surface area contributed by atoms with Crippen LogP contribution in [-0.2, 0) is 0 Å². The molecular weight excluding hydrogens is 364 g/mol. The molecule has 0 aliphatic carbocycles. The molecule has 0 spiro atoms. The van der Waals surface area contributed by atoms with Crippen LogP contribution >= 0.6 is 22.6 Å². The van der Waals surface area contributed by atoms with Gasteiger partial charge in [-0.2, -0.15) is 0 Å². The van der Waals surface area contributed by atoms with Crippen molar-refractivity contribution in [1.29, 1.82) is 0 Å². The van der Waals surface area contributed by atoms with Crippen LogP contribution in [0.4, 0.5) is 4.39 Å². The fraction of sp³-hybridized carbons (Fsp3) is 0.294. The first kappa shape index (κ1) is 15.4. The van der Waals surface area contributed by atoms with E-state index in [1.165, 1.54) is 20.8 Å². The van der Waals surface area contributed by atoms with Crippen molar-refractivity contribution in [3.05, 3.63) is 68.0 Å². The van der Waals surface area contributed by atoms with Crippen LogP contribution in [0.15, 0.2) is 36.4 Å². The monoisotopic (exact) mass is 383 g/mol. The van der Waals surface area contributed by atoms with Gasteiger partial charge in [0.15, 0.2) is 0 Å². The second-order valence-corrected chi connectivity index (χ2v) is 6.05. The Hall–Kier alpha value is -0.940. The highest BCUT2D eigenvalue weighted by atomic mass is 127. The molecule has 2 aromatic rings. The zero-order valence-corrected chi connectivity index (χ0v) is 14.2. The summed E-state index contributed by atoms with van der Waals surface area (Å²) in [4.78, 5) is 0. The largest absolute Gasteiger partial charge is 0.306 e. The molecule has 3 heteroatoms. The number of rotatable bonds is 4. The summed E-state index contributed by atoms with van der Waals surface area (Å²) in [5.74, 6) is -0.184. The van der Waals surface area contributed by atoms with E-state index < -0.39 is 0 Å². The molecule has 1 atom stereocenters. The standard InChI is InChI=1S/C17H19FIN/c1-4-20-17(14-7-5-6-12(3)16(14)19)15-10-13(18)9-8-11(15)2/h5-10,17,20H,4H2,1-3H3. The van der Waals surface area contributed by atoms with Crippen molar-refractivity contribution in [2.24, 2.45) is 0 Å². The lowest BCUT2D eigenvalue weighted by Gasteiger charge is -2.23. The first-order chi connectivity index (χ1) is 9.54. The van der Waals surface area contributed by atoms with Crippen LogP contribution in [0.3, 0.4) is 0 Å². The van der Waals surface area contributed by atoms with E-state index in [1.54, 1.807) is 6.07 Å². The van der Waals surface area contributed by atoms with Crippen molar-refractivity contribution in [2.45, 2.75) is 26.8 Å². The Morgan fingerprint density at radius 1 is 1.10 bits per heavy atom. The summed E-state index contributed by atoms with van der Waals surface area (Å²) < 4.78 is 14.8. The Morgan fingerprint density at radius 3 is 2.55 bits per heavy atom. The van der Waals surface area contributed by atoms with Gasteiger partial charge in [-0.1, -0.05) is 31.2 Å². The lowest BCUT2D eigenvalue weighted by molar-refractivity contribution is 0.599. The Morgan fingerprint density at radius 2 is 1.85 bits per heavy atom. The average molecular weight is 383 g/mol. The summed E-state index contributed by atoms with van der Waals surface area (Å²) >= 11 is 2.37. The molecule has 1 N–H and O–H groups in total. The van der Waals surface area contributed by atoms with Crippen molar-refractivity contribution in [2.75, 3.05) is 6.54 Å². The van der Waals surface area contributed by atoms with E-state index in [1.807, 2.05) is 13.0 Å². The average Bonchev–Trinajstić information content (AvgIpc) is 2.43. The molecule has 0 aliphatic heterocycles. The van der Waals surface area contributed by atoms with E-state index in [2.05, 4.69) is 60.0 Å². The third-order valence-corrected chi connectivity index (χ3v) is 4.97. The molecule has 106 valence electrons. The predicted molar refractivity (Wildman–Crippen MR) is 90.6 cm³/mol. The zero-order chi connectivity index (χ0) is 14.7. The molecule has 0 saturated heterocycles. The third-order valence-electron chi connectivity index (χ3n) is 3.49. The molecule has 0 aromatic heterocycles. The lowest BCUT2D eigenvalue weighted by atomic mass is 9.94. The molecular formula is C17H19FIN. The molecule has 0 amide bonds. The maximum Gasteiger partial charge on any atom is 0.123 e. The lowest BCUT2D eigenvalue weighted by Crippen LogP contribution is -2.24. The Bertz CT molecular complexity index is 608. The minimum Gasteiger partial charge on any atom is -0.306 e. The van der Waals surface area contributed by atoms with E-state index in [9.17, 15) is 4.39 Å². The molecule has 0 bridgehead atoms. The van der Waals surface area contributed by atoms with Gasteiger partial charge in [0.1, 0.15) is 5.82 Å². The SMILES string of the molecule is CCNC(c1cc(F)ccc1C)c1cccc(C)c1I. The van der Waals surface area contributed by atoms with Crippen LogP contribution in [0.1, 0.15) is 35.2 Å². The highest BCUT2D eigenvalue weighted by molar-refractivity contribution is 14.1. The molecule has 2 aromatic carbocycles. The van der Waals surface area contributed by atoms with Crippen LogP contribution in [0.2, 0.25) is 0 Å². The summed E-state index contributed by atoms with van der Waals surface area (Å²) in [6.45, 7) is 7.05. The minimum absolute atomic E-state index is 0.0301. The van der Waals surface area contributed by atoms with Crippen LogP contribution in [-0.4, -0.2) is 6.54 Å². The van der Waals surface area contributed by atoms with Crippen molar-refractivity contribution >= 4 is 22.6 Å². The minimum atomic E-state index is -0.184. The topological polar surface area (TPSA) is 12.0 Å². The molecule has 0 aliphatic rings. The quantitative estimate of drug-likeness (QED) is 0.752. The smallest absolute Gasteiger partial charge is 0.123 e. The van der Waals surface area contributed by atoms with Gasteiger partial charge in [0.25, 0.3) is 0 Å². The molecule has 0 heterocycles. The Labute approximate surface area is 133 Å². The predicted octanol–water partition coefficient (Wildman–Crippen LogP) is 4.75. The van der Waals surface area contributed by atoms with E-state index >= 15 is 0 Å². The second kappa shape index (κ2) is 6.68. The zero-order valence-electron chi connectivity index (χ0n) is 12.0. The molecule has 1 nitrogen and oxygen atoms in total. The maximum atomic E-state index is 13.6. The second-order valence-electron chi connectivity index (χ2n) is 4.97. The van der Waals surface area contributed by atoms with Gasteiger partial charge in [0.05, 0.1) is 6.04 Å². The number of nitrogens with one attached hydrogen (secondary N) is 1. The number of hydrogen-bond donors (Lipinski definition) is 1. The third kappa shape index (κ3) is 3.20. The van der Waals surface area contributed by atoms with Crippen molar-refractivity contribution in [3.8, 4) is 0 Å². The van der Waals surface area contributed by atoms with Crippen LogP contribution < -0.4 is 5.32 Å². The maximum absolute atomic E-state index is 13.6. The Kier molecular flexibility index (Phi) is 5.16. The molecule has 0 fully saturated rings. The van der Waals surface area contributed by atoms with Gasteiger partial charge >= 0.3 is 0 Å². The van der Waals surface area contributed by atoms with Crippen LogP contribution in [0.5, 0.6) is 0 Å². The first-order valence-corrected chi connectivity index (χ1v) is 7.87. The fourth-order valence-electron chi connectivity index (χ4n) is 2.41. The van der Waals surface area contributed by atoms with Crippen molar-refractivity contribution in [3.63, 3.8) is 0 Å². The molecule has 0 radical (unpaired) electrons. The summed E-state index contributed by atoms with van der Waals surface area (Å²) in [6, 6.07) is 11.3. The summed E-state index contributed by atoms with van der Waals surface area (Å²) in [7, 11) is 0. The Balaban J connectivity index is 2.56. The summed E-state index contributed by atoms with van der Waals surface area (Å²) in [6.07, 6.45) is 0. The van der Waals surface area contributed by atoms with E-state index in [0.717, 1.165) is 17.7 Å². The van der Waals surface area contributed by atoms with Gasteiger partial charge in [-0.15, -0.1) is 0 Å². The highest BCUT2D eigenvalue weighted by Crippen LogP contribution is 2.30. The molecule has 0 saturated carbocycles. The number of hydrogen-bond acceptors (Lipinski definition) is 1. The normalized spacial score (nSPS) is 12.4.